The number of carboxylic acids is 1. The van der Waals surface area contributed by atoms with Gasteiger partial charge < -0.3 is 5.11 Å². The molecule has 0 aliphatic carbocycles. The summed E-state index contributed by atoms with van der Waals surface area (Å²) in [6.07, 6.45) is 3.07. The van der Waals surface area contributed by atoms with Crippen molar-refractivity contribution in [1.29, 1.82) is 0 Å². The molecule has 0 spiro atoms. The maximum Gasteiger partial charge on any atom is 0.345 e. The van der Waals surface area contributed by atoms with Gasteiger partial charge >= 0.3 is 11.8 Å². The molecule has 2 aliphatic heterocycles. The van der Waals surface area contributed by atoms with Crippen molar-refractivity contribution in [3.05, 3.63) is 23.7 Å². The van der Waals surface area contributed by atoms with E-state index in [-0.39, 0.29) is 5.57 Å². The Morgan fingerprint density at radius 1 is 1.81 bits per heavy atom. The van der Waals surface area contributed by atoms with Crippen LogP contribution in [0, 0.1) is 0 Å². The molecule has 0 saturated heterocycles. The molecule has 0 fully saturated rings. The molecule has 2 aliphatic rings. The molecule has 0 saturated carbocycles. The lowest BCUT2D eigenvalue weighted by Gasteiger charge is -2.23. The highest BCUT2D eigenvalue weighted by molar-refractivity contribution is 6.23. The topological polar surface area (TPSA) is 84.8 Å². The Hall–Kier alpha value is -1.37. The Kier molecular flexibility index (Phi) is 2.71. The molecule has 0 aromatic rings. The van der Waals surface area contributed by atoms with Crippen molar-refractivity contribution in [2.45, 2.75) is 19.6 Å². The molecule has 1 unspecified atom stereocenters. The lowest BCUT2D eigenvalue weighted by atomic mass is 10.2. The van der Waals surface area contributed by atoms with Crippen molar-refractivity contribution >= 4 is 23.6 Å². The lowest BCUT2D eigenvalue weighted by molar-refractivity contribution is -0.132. The van der Waals surface area contributed by atoms with Crippen LogP contribution in [-0.2, 0) is 4.79 Å². The van der Waals surface area contributed by atoms with Gasteiger partial charge in [0, 0.05) is 18.0 Å². The zero-order valence-electron chi connectivity index (χ0n) is 8.59. The van der Waals surface area contributed by atoms with Gasteiger partial charge in [-0.05, 0) is 11.3 Å². The summed E-state index contributed by atoms with van der Waals surface area (Å²) in [6.45, 7) is 1.93. The van der Waals surface area contributed by atoms with Gasteiger partial charge in [-0.1, -0.05) is 6.92 Å². The number of hydrogen-bond acceptors (Lipinski definition) is 5. The molecule has 0 bridgehead atoms. The molecule has 3 N–H and O–H groups in total. The second-order valence-corrected chi connectivity index (χ2v) is 3.81. The average Bonchev–Trinajstić information content (AvgIpc) is 2.67. The second-order valence-electron chi connectivity index (χ2n) is 3.42. The van der Waals surface area contributed by atoms with E-state index in [1.54, 1.807) is 11.1 Å². The van der Waals surface area contributed by atoms with Crippen molar-refractivity contribution in [2.24, 2.45) is 10.7 Å². The number of nitrogens with zero attached hydrogens (tertiary/aromatic N) is 3. The minimum absolute atomic E-state index is 0.0383. The van der Waals surface area contributed by atoms with E-state index < -0.39 is 12.3 Å². The number of allylic oxidation sites excluding steroid dienone is 1. The Labute approximate surface area is 97.4 Å². The molecular formula is C9H11ClN4O2+. The van der Waals surface area contributed by atoms with Gasteiger partial charge in [0.1, 0.15) is 5.70 Å². The maximum atomic E-state index is 11.0. The summed E-state index contributed by atoms with van der Waals surface area (Å²) in [4.78, 5) is 16.8. The van der Waals surface area contributed by atoms with Gasteiger partial charge in [-0.2, -0.15) is 4.99 Å². The number of rotatable bonds is 2. The fourth-order valence-corrected chi connectivity index (χ4v) is 1.73. The van der Waals surface area contributed by atoms with Crippen LogP contribution in [0.2, 0.25) is 0 Å². The molecular weight excluding hydrogens is 232 g/mol. The maximum absolute atomic E-state index is 11.0. The van der Waals surface area contributed by atoms with Crippen LogP contribution in [0.5, 0.6) is 0 Å². The number of aliphatic imine (C=N–C) groups is 1. The predicted octanol–water partition coefficient (Wildman–Crippen LogP) is 0.470. The summed E-state index contributed by atoms with van der Waals surface area (Å²) in [7, 11) is 0. The molecule has 0 aromatic carbocycles. The minimum Gasteiger partial charge on any atom is -0.477 e. The number of carboxylic acid groups (broad SMARTS) is 1. The number of aliphatic carboxylic acids is 1. The second kappa shape index (κ2) is 3.89. The van der Waals surface area contributed by atoms with E-state index in [0.29, 0.717) is 12.3 Å². The fraction of sp³-hybridized carbons (Fsp3) is 0.333. The average molecular weight is 243 g/mol. The molecule has 1 atom stereocenters. The van der Waals surface area contributed by atoms with Crippen LogP contribution in [0.1, 0.15) is 13.3 Å². The number of nitrogens with two attached hydrogens (primary N) is 1. The van der Waals surface area contributed by atoms with Crippen molar-refractivity contribution < 1.29 is 9.90 Å². The van der Waals surface area contributed by atoms with Gasteiger partial charge in [-0.3, -0.25) is 5.73 Å². The van der Waals surface area contributed by atoms with Crippen molar-refractivity contribution in [1.82, 2.24) is 9.32 Å². The molecule has 85 valence electrons. The first-order valence-corrected chi connectivity index (χ1v) is 5.11. The number of amidine groups is 1. The van der Waals surface area contributed by atoms with E-state index in [9.17, 15) is 4.79 Å². The summed E-state index contributed by atoms with van der Waals surface area (Å²) in [5, 5.41) is 9.02. The molecule has 1 radical (unpaired) electrons. The lowest BCUT2D eigenvalue weighted by Crippen LogP contribution is -2.56. The summed E-state index contributed by atoms with van der Waals surface area (Å²) >= 11 is 5.81. The molecule has 0 amide bonds. The largest absolute Gasteiger partial charge is 0.477 e. The van der Waals surface area contributed by atoms with Gasteiger partial charge in [0.15, 0.2) is 11.8 Å². The number of carbonyl (C=O) groups is 1. The number of halogens is 1. The van der Waals surface area contributed by atoms with Crippen LogP contribution < -0.4 is 10.6 Å². The quantitative estimate of drug-likeness (QED) is 0.545. The summed E-state index contributed by atoms with van der Waals surface area (Å²) < 4.78 is 1.12. The van der Waals surface area contributed by atoms with Gasteiger partial charge in [-0.25, -0.2) is 9.21 Å². The highest BCUT2D eigenvalue weighted by Crippen LogP contribution is 2.24. The van der Waals surface area contributed by atoms with Crippen LogP contribution >= 0.6 is 11.8 Å². The van der Waals surface area contributed by atoms with E-state index in [1.807, 2.05) is 6.92 Å². The number of fused-ring (bicyclic) bond motifs is 1. The van der Waals surface area contributed by atoms with Crippen LogP contribution in [0.25, 0.3) is 0 Å². The van der Waals surface area contributed by atoms with Crippen LogP contribution in [0.15, 0.2) is 28.7 Å². The molecule has 16 heavy (non-hydrogen) atoms. The monoisotopic (exact) mass is 242 g/mol. The third-order valence-electron chi connectivity index (χ3n) is 2.41. The van der Waals surface area contributed by atoms with Gasteiger partial charge in [-0.15, -0.1) is 0 Å². The smallest absolute Gasteiger partial charge is 0.345 e. The highest BCUT2D eigenvalue weighted by atomic mass is 35.5. The Morgan fingerprint density at radius 3 is 3.06 bits per heavy atom. The number of hydrogen-bond donors (Lipinski definition) is 2. The standard InChI is InChI=1S/C9H11ClN4O2/c1-2-5-3-13-7(12-5)6(8(15)16)4-14(10)9(13)11/h3-4,9H,2,11H2,1H3,(H,15,16)/q+1. The first-order chi connectivity index (χ1) is 7.54. The molecule has 0 aromatic heterocycles. The molecule has 2 heterocycles. The van der Waals surface area contributed by atoms with E-state index >= 15 is 0 Å². The Bertz CT molecular complexity index is 429. The predicted molar refractivity (Wildman–Crippen MR) is 59.3 cm³/mol. The van der Waals surface area contributed by atoms with E-state index in [2.05, 4.69) is 4.99 Å². The van der Waals surface area contributed by atoms with E-state index in [1.165, 1.54) is 6.20 Å². The van der Waals surface area contributed by atoms with Gasteiger partial charge in [0.05, 0.1) is 0 Å². The van der Waals surface area contributed by atoms with Gasteiger partial charge in [0.25, 0.3) is 6.29 Å². The molecule has 7 heteroatoms. The normalized spacial score (nSPS) is 24.8. The van der Waals surface area contributed by atoms with Crippen molar-refractivity contribution in [3.63, 3.8) is 0 Å². The Balaban J connectivity index is 2.44. The summed E-state index contributed by atoms with van der Waals surface area (Å²) in [5.74, 6) is -0.735. The third kappa shape index (κ3) is 1.60. The van der Waals surface area contributed by atoms with Crippen molar-refractivity contribution in [3.8, 4) is 0 Å². The van der Waals surface area contributed by atoms with Gasteiger partial charge in [0.2, 0.25) is 0 Å². The van der Waals surface area contributed by atoms with Crippen LogP contribution in [0.3, 0.4) is 0 Å². The highest BCUT2D eigenvalue weighted by Gasteiger charge is 2.45. The van der Waals surface area contributed by atoms with Crippen LogP contribution in [-0.4, -0.2) is 27.6 Å². The zero-order chi connectivity index (χ0) is 11.9. The first-order valence-electron chi connectivity index (χ1n) is 4.77. The first kappa shape index (κ1) is 11.1. The third-order valence-corrected chi connectivity index (χ3v) is 2.70. The summed E-state index contributed by atoms with van der Waals surface area (Å²) in [6, 6.07) is 0. The Morgan fingerprint density at radius 2 is 2.50 bits per heavy atom. The summed E-state index contributed by atoms with van der Waals surface area (Å²) in [5.41, 5.74) is 6.62. The molecule has 6 nitrogen and oxygen atoms in total. The van der Waals surface area contributed by atoms with E-state index in [0.717, 1.165) is 10.1 Å². The molecule has 2 rings (SSSR count). The van der Waals surface area contributed by atoms with Crippen molar-refractivity contribution in [2.75, 3.05) is 0 Å². The SMILES string of the molecule is CCC1=C[N+]2C(=N1)C(C(=O)O)=CN(Cl)C2N. The zero-order valence-corrected chi connectivity index (χ0v) is 9.35. The fourth-order valence-electron chi connectivity index (χ4n) is 1.54. The minimum atomic E-state index is -1.08. The van der Waals surface area contributed by atoms with E-state index in [4.69, 9.17) is 22.6 Å². The van der Waals surface area contributed by atoms with Crippen LogP contribution in [0.4, 0.5) is 0 Å².